The Hall–Kier alpha value is -10.4. The van der Waals surface area contributed by atoms with Crippen LogP contribution in [0.1, 0.15) is 180 Å². The third kappa shape index (κ3) is 25.9. The number of hydrogen-bond donors (Lipinski definition) is 0. The van der Waals surface area contributed by atoms with Crippen LogP contribution < -0.4 is 33.8 Å². The summed E-state index contributed by atoms with van der Waals surface area (Å²) < 4.78 is 99.2. The van der Waals surface area contributed by atoms with E-state index in [1.807, 2.05) is 32.0 Å². The van der Waals surface area contributed by atoms with E-state index in [1.165, 1.54) is 135 Å². The number of carbonyl (C=O) groups excluding carboxylic acids is 2. The second-order valence-electron chi connectivity index (χ2n) is 41.5. The Morgan fingerprint density at radius 1 is 0.395 bits per heavy atom. The number of nitrogens with zero attached hydrogens (tertiary/aromatic N) is 24. The van der Waals surface area contributed by atoms with Gasteiger partial charge in [-0.2, -0.15) is 4.98 Å². The summed E-state index contributed by atoms with van der Waals surface area (Å²) in [6, 6.07) is 7.99. The van der Waals surface area contributed by atoms with Crippen LogP contribution in [0.15, 0.2) is 75.9 Å². The number of piperidine rings is 5. The first-order chi connectivity index (χ1) is 71.1. The quantitative estimate of drug-likeness (QED) is 0.0486. The van der Waals surface area contributed by atoms with Gasteiger partial charge in [0.15, 0.2) is 40.9 Å². The van der Waals surface area contributed by atoms with Gasteiger partial charge in [0.1, 0.15) is 17.0 Å². The van der Waals surface area contributed by atoms with Crippen molar-refractivity contribution in [3.05, 3.63) is 116 Å². The number of anilines is 4. The van der Waals surface area contributed by atoms with Crippen molar-refractivity contribution in [3.63, 3.8) is 0 Å². The fourth-order valence-corrected chi connectivity index (χ4v) is 27.3. The maximum absolute atomic E-state index is 13.1. The summed E-state index contributed by atoms with van der Waals surface area (Å²) in [5.41, 5.74) is 14.9. The molecule has 20 heterocycles. The highest BCUT2D eigenvalue weighted by molar-refractivity contribution is 7.90. The molecule has 12 aromatic heterocycles. The molecule has 0 aromatic carbocycles. The van der Waals surface area contributed by atoms with E-state index in [9.17, 15) is 34.8 Å². The van der Waals surface area contributed by atoms with Crippen molar-refractivity contribution in [3.8, 4) is 57.2 Å². The molecule has 0 radical (unpaired) electrons. The normalized spacial score (nSPS) is 18.9. The van der Waals surface area contributed by atoms with Crippen LogP contribution in [0.5, 0.6) is 17.6 Å². The number of aromatic nitrogens is 13. The summed E-state index contributed by atoms with van der Waals surface area (Å²) in [6.07, 6.45) is 36.8. The predicted octanol–water partition coefficient (Wildman–Crippen LogP) is 14.4. The van der Waals surface area contributed by atoms with E-state index in [0.29, 0.717) is 80.4 Å². The minimum atomic E-state index is -3.29. The van der Waals surface area contributed by atoms with Crippen LogP contribution in [0.2, 0.25) is 0 Å². The molecule has 0 bridgehead atoms. The van der Waals surface area contributed by atoms with Crippen LogP contribution in [0.3, 0.4) is 0 Å². The van der Waals surface area contributed by atoms with Crippen molar-refractivity contribution in [2.24, 2.45) is 11.8 Å². The summed E-state index contributed by atoms with van der Waals surface area (Å²) in [6.45, 7) is 27.7. The highest BCUT2D eigenvalue weighted by Gasteiger charge is 2.38. The van der Waals surface area contributed by atoms with Gasteiger partial charge in [0.2, 0.25) is 53.2 Å². The van der Waals surface area contributed by atoms with E-state index in [0.717, 1.165) is 309 Å². The smallest absolute Gasteiger partial charge is 0.227 e. The Labute approximate surface area is 874 Å². The van der Waals surface area contributed by atoms with Gasteiger partial charge in [0.05, 0.1) is 92.6 Å². The molecule has 2 saturated carbocycles. The number of methoxy groups -OCH3 is 3. The van der Waals surface area contributed by atoms with Crippen LogP contribution in [-0.4, -0.2) is 333 Å². The molecule has 10 fully saturated rings. The summed E-state index contributed by atoms with van der Waals surface area (Å²) in [5, 5.41) is 6.67. The number of fused-ring (bicyclic) bond motifs is 4. The van der Waals surface area contributed by atoms with Gasteiger partial charge < -0.3 is 52.9 Å². The van der Waals surface area contributed by atoms with E-state index >= 15 is 0 Å². The zero-order valence-electron chi connectivity index (χ0n) is 86.4. The summed E-state index contributed by atoms with van der Waals surface area (Å²) in [7, 11) is -3.10. The highest BCUT2D eigenvalue weighted by Crippen LogP contribution is 2.43. The average molecular weight is 2120 g/mol. The molecular formula is C105H140N24O12S6. The first-order valence-corrected chi connectivity index (χ1v) is 61.3. The number of likely N-dealkylation sites (tertiary alicyclic amines) is 1. The number of ether oxygens (including phenoxy) is 3. The topological polar surface area (TPSA) is 373 Å². The maximum atomic E-state index is 13.1. The predicted molar refractivity (Wildman–Crippen MR) is 580 cm³/mol. The second-order valence-corrected chi connectivity index (χ2v) is 50.5. The van der Waals surface area contributed by atoms with Crippen molar-refractivity contribution in [2.45, 2.75) is 192 Å². The number of amides is 2. The van der Waals surface area contributed by atoms with Crippen LogP contribution >= 0.6 is 34.0 Å². The molecule has 2 aliphatic carbocycles. The molecule has 42 heteroatoms. The van der Waals surface area contributed by atoms with Gasteiger partial charge in [0, 0.05) is 268 Å². The monoisotopic (exact) mass is 2120 g/mol. The van der Waals surface area contributed by atoms with E-state index in [-0.39, 0.29) is 29.1 Å². The molecular weight excluding hydrogens is 1980 g/mol. The lowest BCUT2D eigenvalue weighted by Gasteiger charge is -2.42. The zero-order chi connectivity index (χ0) is 102. The van der Waals surface area contributed by atoms with Gasteiger partial charge in [-0.25, -0.2) is 80.1 Å². The molecule has 2 amide bonds. The standard InChI is InChI=1S/C31H42N6O4S2.C30H43N7O3S2.C25H33N7OS.C19H22N4O4S/c1-41-29-24(21-43(2,39)40)17-23(18-32-29)26-28-27(34-31(33-26)37-11-7-4-8-12-37)25(20-42-28)19-35-13-15-36(16-14-35)30(38)22-9-5-3-6-10-22;1-34-11-7-25(8-12-34)36-15-13-35(14-16-36)19-24-20-41-28-26(32-30(33-27(24)28)37-9-5-4-6-10-37)22-17-23(21-42(3,38)39)29(40-2)31-18-22;1-17-14-32(18(2)26-17)23-22-21(27-25(28-23)31-8-4-3-5-9-31)20(16-34-22)15-29-10-12-30(13-11-29)24(33)19-6-7-19;1-26-18-14(12-28(2,24)25)10-13(11-20-18)16-17-15(6-9-27-17)21-19(22-16)23-7-4-3-5-8-23/h17-18,20,22H,3-16,19,21H2,1-2H3;17-18,20,25H,4-16,19,21H2,1-3H3;14,16,19H,3-13,15H2,1-2H3;6,9-11H,3-5,7-8,12H2,1-2H3. The van der Waals surface area contributed by atoms with Crippen molar-refractivity contribution in [1.82, 2.24) is 98.7 Å². The highest BCUT2D eigenvalue weighted by atomic mass is 32.2. The molecule has 147 heavy (non-hydrogen) atoms. The zero-order valence-corrected chi connectivity index (χ0v) is 91.3. The van der Waals surface area contributed by atoms with Crippen molar-refractivity contribution < 1.29 is 53.5 Å². The van der Waals surface area contributed by atoms with E-state index in [4.69, 9.17) is 53.5 Å². The number of furan rings is 1. The second kappa shape index (κ2) is 47.0. The fraction of sp³-hybridized carbons (Fsp3) is 0.581. The van der Waals surface area contributed by atoms with Crippen LogP contribution in [0.4, 0.5) is 23.8 Å². The fourth-order valence-electron chi connectivity index (χ4n) is 22.0. The Bertz CT molecular complexity index is 6990. The minimum absolute atomic E-state index is 0.135. The number of hydrogen-bond acceptors (Lipinski definition) is 36. The number of piperazine rings is 3. The first kappa shape index (κ1) is 105. The molecule has 0 unspecified atom stereocenters. The first-order valence-electron chi connectivity index (χ1n) is 52.5. The third-order valence-corrected chi connectivity index (χ3v) is 35.5. The lowest BCUT2D eigenvalue weighted by Crippen LogP contribution is -2.52. The molecule has 788 valence electrons. The lowest BCUT2D eigenvalue weighted by atomic mass is 9.88. The van der Waals surface area contributed by atoms with Crippen LogP contribution in [0.25, 0.3) is 81.3 Å². The van der Waals surface area contributed by atoms with Crippen LogP contribution in [0, 0.1) is 25.7 Å². The minimum Gasteiger partial charge on any atom is -0.481 e. The number of aryl methyl sites for hydroxylation is 2. The molecule has 0 spiro atoms. The molecule has 0 N–H and O–H groups in total. The number of rotatable bonds is 26. The SMILES string of the molecule is COc1ncc(-c2nc(N3CCCCC3)nc3c(CN4CCN(C(=O)C5CCCCC5)CC4)csc23)cc1CS(C)(=O)=O.COc1ncc(-c2nc(N3CCCCC3)nc3c(CN4CCN(C5CCN(C)CC5)CC4)csc23)cc1CS(C)(=O)=O.COc1ncc(-c2nc(N3CCCCC3)nc3ccoc23)cc1CS(C)(=O)=O.Cc1cn(-c2nc(N3CCCCC3)nc3c(CN4CCN(C(=O)C5CC5)CC4)csc23)c(C)n1. The number of pyridine rings is 3. The molecule has 8 aliphatic heterocycles. The molecule has 36 nitrogen and oxygen atoms in total. The molecule has 0 atom stereocenters. The average Bonchev–Trinajstić information content (AvgIpc) is 1.69. The van der Waals surface area contributed by atoms with Gasteiger partial charge in [-0.1, -0.05) is 19.3 Å². The van der Waals surface area contributed by atoms with Crippen molar-refractivity contribution >= 4 is 141 Å². The van der Waals surface area contributed by atoms with E-state index < -0.39 is 29.5 Å². The van der Waals surface area contributed by atoms with Crippen molar-refractivity contribution in [2.75, 3.05) is 211 Å². The number of carbonyl (C=O) groups is 2. The summed E-state index contributed by atoms with van der Waals surface area (Å²) in [5.74, 6) is 6.58. The van der Waals surface area contributed by atoms with Gasteiger partial charge in [0.25, 0.3) is 0 Å². The van der Waals surface area contributed by atoms with Gasteiger partial charge in [-0.05, 0) is 184 Å². The number of sulfone groups is 3. The third-order valence-electron chi connectivity index (χ3n) is 30.0. The molecule has 10 aliphatic rings. The Morgan fingerprint density at radius 3 is 1.14 bits per heavy atom. The van der Waals surface area contributed by atoms with Gasteiger partial charge in [-0.3, -0.25) is 33.8 Å². The van der Waals surface area contributed by atoms with Gasteiger partial charge >= 0.3 is 0 Å². The van der Waals surface area contributed by atoms with Crippen molar-refractivity contribution in [1.29, 1.82) is 0 Å². The Kier molecular flexibility index (Phi) is 33.6. The molecule has 22 rings (SSSR count). The molecule has 8 saturated heterocycles. The molecule has 12 aromatic rings. The number of thiophene rings is 3. The summed E-state index contributed by atoms with van der Waals surface area (Å²) >= 11 is 5.02. The van der Waals surface area contributed by atoms with Gasteiger partial charge in [-0.15, -0.1) is 34.0 Å². The maximum Gasteiger partial charge on any atom is 0.227 e. The van der Waals surface area contributed by atoms with Crippen LogP contribution in [-0.2, 0) is 76.0 Å². The van der Waals surface area contributed by atoms with E-state index in [1.54, 1.807) is 64.9 Å². The number of imidazole rings is 1. The van der Waals surface area contributed by atoms with E-state index in [2.05, 4.69) is 113 Å². The Morgan fingerprint density at radius 2 is 0.755 bits per heavy atom. The lowest BCUT2D eigenvalue weighted by molar-refractivity contribution is -0.138. The summed E-state index contributed by atoms with van der Waals surface area (Å²) in [4.78, 5) is 109. The Balaban J connectivity index is 0.000000125. The largest absolute Gasteiger partial charge is 0.481 e.